The lowest BCUT2D eigenvalue weighted by Crippen LogP contribution is -2.25. The van der Waals surface area contributed by atoms with Gasteiger partial charge < -0.3 is 10.1 Å². The summed E-state index contributed by atoms with van der Waals surface area (Å²) in [6.07, 6.45) is -3.96. The molecule has 3 nitrogen and oxygen atoms in total. The second kappa shape index (κ2) is 6.39. The number of Topliss-reactive ketones (excluding diaryl/α,β-unsaturated/α-hetero) is 1. The molecule has 0 saturated carbocycles. The third-order valence-corrected chi connectivity index (χ3v) is 2.13. The van der Waals surface area contributed by atoms with E-state index in [1.54, 1.807) is 0 Å². The number of benzene rings is 1. The molecule has 18 heavy (non-hydrogen) atoms. The molecule has 100 valence electrons. The van der Waals surface area contributed by atoms with Crippen molar-refractivity contribution in [1.29, 1.82) is 0 Å². The first kappa shape index (κ1) is 14.5. The van der Waals surface area contributed by atoms with Crippen molar-refractivity contribution >= 4 is 5.78 Å². The van der Waals surface area contributed by atoms with Gasteiger partial charge in [-0.1, -0.05) is 19.1 Å². The van der Waals surface area contributed by atoms with Gasteiger partial charge in [0.25, 0.3) is 0 Å². The first-order chi connectivity index (χ1) is 8.44. The van der Waals surface area contributed by atoms with Crippen molar-refractivity contribution in [3.8, 4) is 5.75 Å². The first-order valence-electron chi connectivity index (χ1n) is 5.52. The van der Waals surface area contributed by atoms with Crippen molar-refractivity contribution in [2.45, 2.75) is 19.7 Å². The molecule has 0 unspecified atom stereocenters. The Labute approximate surface area is 103 Å². The van der Waals surface area contributed by atoms with Gasteiger partial charge in [-0.25, -0.2) is 0 Å². The summed E-state index contributed by atoms with van der Waals surface area (Å²) in [6.45, 7) is 2.55. The molecule has 0 aliphatic heterocycles. The Morgan fingerprint density at radius 2 is 2.00 bits per heavy atom. The van der Waals surface area contributed by atoms with E-state index in [0.717, 1.165) is 12.5 Å². The number of hydrogen-bond acceptors (Lipinski definition) is 3. The van der Waals surface area contributed by atoms with Crippen molar-refractivity contribution in [2.75, 3.05) is 13.1 Å². The molecule has 0 aliphatic rings. The summed E-state index contributed by atoms with van der Waals surface area (Å²) in [5, 5.41) is 2.84. The van der Waals surface area contributed by atoms with Crippen LogP contribution in [0.1, 0.15) is 23.7 Å². The third kappa shape index (κ3) is 4.75. The van der Waals surface area contributed by atoms with Crippen LogP contribution in [-0.4, -0.2) is 25.2 Å². The number of carbonyl (C=O) groups is 1. The lowest BCUT2D eigenvalue weighted by molar-refractivity contribution is -0.274. The monoisotopic (exact) mass is 261 g/mol. The normalized spacial score (nSPS) is 11.3. The first-order valence-corrected chi connectivity index (χ1v) is 5.52. The zero-order valence-electron chi connectivity index (χ0n) is 9.88. The van der Waals surface area contributed by atoms with Crippen LogP contribution < -0.4 is 10.1 Å². The Hall–Kier alpha value is -1.56. The zero-order chi connectivity index (χ0) is 13.6. The van der Waals surface area contributed by atoms with Gasteiger partial charge in [-0.05, 0) is 25.1 Å². The van der Waals surface area contributed by atoms with Crippen molar-refractivity contribution in [3.05, 3.63) is 29.8 Å². The average Bonchev–Trinajstić information content (AvgIpc) is 2.27. The fraction of sp³-hybridized carbons (Fsp3) is 0.417. The molecule has 0 heterocycles. The molecule has 1 aromatic rings. The number of ether oxygens (including phenoxy) is 1. The molecule has 0 saturated heterocycles. The van der Waals surface area contributed by atoms with Crippen LogP contribution in [0.3, 0.4) is 0 Å². The molecule has 0 aliphatic carbocycles. The van der Waals surface area contributed by atoms with Gasteiger partial charge >= 0.3 is 6.36 Å². The SMILES string of the molecule is CCCNCC(=O)c1ccccc1OC(F)(F)F. The number of rotatable bonds is 6. The van der Waals surface area contributed by atoms with E-state index in [1.165, 1.54) is 18.2 Å². The van der Waals surface area contributed by atoms with E-state index in [1.807, 2.05) is 6.92 Å². The van der Waals surface area contributed by atoms with Gasteiger partial charge in [-0.2, -0.15) is 0 Å². The summed E-state index contributed by atoms with van der Waals surface area (Å²) in [6, 6.07) is 5.32. The number of halogens is 3. The van der Waals surface area contributed by atoms with Gasteiger partial charge in [0.2, 0.25) is 0 Å². The Bertz CT molecular complexity index is 405. The molecule has 0 amide bonds. The molecule has 1 aromatic carbocycles. The van der Waals surface area contributed by atoms with Crippen LogP contribution >= 0.6 is 0 Å². The van der Waals surface area contributed by atoms with E-state index in [0.29, 0.717) is 6.54 Å². The van der Waals surface area contributed by atoms with Gasteiger partial charge in [0, 0.05) is 0 Å². The summed E-state index contributed by atoms with van der Waals surface area (Å²) < 4.78 is 40.2. The standard InChI is InChI=1S/C12H14F3NO2/c1-2-7-16-8-10(17)9-5-3-4-6-11(9)18-12(13,14)15/h3-6,16H,2,7-8H2,1H3. The average molecular weight is 261 g/mol. The van der Waals surface area contributed by atoms with Gasteiger partial charge in [-0.15, -0.1) is 13.2 Å². The molecular weight excluding hydrogens is 247 g/mol. The predicted molar refractivity (Wildman–Crippen MR) is 60.6 cm³/mol. The number of para-hydroxylation sites is 1. The molecule has 0 bridgehead atoms. The molecule has 6 heteroatoms. The highest BCUT2D eigenvalue weighted by Gasteiger charge is 2.32. The van der Waals surface area contributed by atoms with Crippen LogP contribution in [0, 0.1) is 0 Å². The summed E-state index contributed by atoms with van der Waals surface area (Å²) in [7, 11) is 0. The molecule has 0 spiro atoms. The topological polar surface area (TPSA) is 38.3 Å². The van der Waals surface area contributed by atoms with Crippen LogP contribution in [0.25, 0.3) is 0 Å². The summed E-state index contributed by atoms with van der Waals surface area (Å²) >= 11 is 0. The van der Waals surface area contributed by atoms with Gasteiger partial charge in [0.15, 0.2) is 5.78 Å². The maximum absolute atomic E-state index is 12.1. The fourth-order valence-electron chi connectivity index (χ4n) is 1.38. The van der Waals surface area contributed by atoms with Crippen molar-refractivity contribution in [1.82, 2.24) is 5.32 Å². The summed E-state index contributed by atoms with van der Waals surface area (Å²) in [5.41, 5.74) is -0.0709. The van der Waals surface area contributed by atoms with Crippen molar-refractivity contribution in [2.24, 2.45) is 0 Å². The minimum atomic E-state index is -4.80. The van der Waals surface area contributed by atoms with Gasteiger partial charge in [-0.3, -0.25) is 4.79 Å². The molecule has 0 atom stereocenters. The third-order valence-electron chi connectivity index (χ3n) is 2.13. The van der Waals surface area contributed by atoms with Crippen LogP contribution in [-0.2, 0) is 0 Å². The van der Waals surface area contributed by atoms with Crippen molar-refractivity contribution < 1.29 is 22.7 Å². The van der Waals surface area contributed by atoms with E-state index in [9.17, 15) is 18.0 Å². The number of ketones is 1. The number of nitrogens with one attached hydrogen (secondary N) is 1. The molecule has 0 fully saturated rings. The highest BCUT2D eigenvalue weighted by atomic mass is 19.4. The van der Waals surface area contributed by atoms with Gasteiger partial charge in [0.1, 0.15) is 5.75 Å². The Kier molecular flexibility index (Phi) is 5.15. The van der Waals surface area contributed by atoms with E-state index in [4.69, 9.17) is 0 Å². The minimum absolute atomic E-state index is 0.00787. The second-order valence-corrected chi connectivity index (χ2v) is 3.64. The summed E-state index contributed by atoms with van der Waals surface area (Å²) in [4.78, 5) is 11.7. The van der Waals surface area contributed by atoms with Crippen LogP contribution in [0.2, 0.25) is 0 Å². The maximum Gasteiger partial charge on any atom is 0.573 e. The van der Waals surface area contributed by atoms with E-state index in [-0.39, 0.29) is 12.1 Å². The molecule has 1 N–H and O–H groups in total. The quantitative estimate of drug-likeness (QED) is 0.632. The largest absolute Gasteiger partial charge is 0.573 e. The minimum Gasteiger partial charge on any atom is -0.405 e. The van der Waals surface area contributed by atoms with E-state index in [2.05, 4.69) is 10.1 Å². The Morgan fingerprint density at radius 3 is 2.61 bits per heavy atom. The highest BCUT2D eigenvalue weighted by molar-refractivity contribution is 6.00. The zero-order valence-corrected chi connectivity index (χ0v) is 9.88. The Balaban J connectivity index is 2.78. The number of alkyl halides is 3. The Morgan fingerprint density at radius 1 is 1.33 bits per heavy atom. The van der Waals surface area contributed by atoms with Crippen molar-refractivity contribution in [3.63, 3.8) is 0 Å². The maximum atomic E-state index is 12.1. The smallest absolute Gasteiger partial charge is 0.405 e. The molecule has 1 rings (SSSR count). The van der Waals surface area contributed by atoms with E-state index >= 15 is 0 Å². The lowest BCUT2D eigenvalue weighted by atomic mass is 10.1. The van der Waals surface area contributed by atoms with Crippen LogP contribution in [0.4, 0.5) is 13.2 Å². The number of hydrogen-bond donors (Lipinski definition) is 1. The van der Waals surface area contributed by atoms with Gasteiger partial charge in [0.05, 0.1) is 12.1 Å². The second-order valence-electron chi connectivity index (χ2n) is 3.64. The molecular formula is C12H14F3NO2. The van der Waals surface area contributed by atoms with E-state index < -0.39 is 17.9 Å². The lowest BCUT2D eigenvalue weighted by Gasteiger charge is -2.12. The summed E-state index contributed by atoms with van der Waals surface area (Å²) in [5.74, 6) is -0.892. The van der Waals surface area contributed by atoms with Crippen LogP contribution in [0.15, 0.2) is 24.3 Å². The fourth-order valence-corrected chi connectivity index (χ4v) is 1.38. The van der Waals surface area contributed by atoms with Crippen LogP contribution in [0.5, 0.6) is 5.75 Å². The molecule has 0 aromatic heterocycles. The number of carbonyl (C=O) groups excluding carboxylic acids is 1. The molecule has 0 radical (unpaired) electrons. The highest BCUT2D eigenvalue weighted by Crippen LogP contribution is 2.26. The predicted octanol–water partition coefficient (Wildman–Crippen LogP) is 2.77.